The predicted octanol–water partition coefficient (Wildman–Crippen LogP) is 1.94. The molecule has 2 amide bonds. The van der Waals surface area contributed by atoms with Crippen molar-refractivity contribution < 1.29 is 22.9 Å². The van der Waals surface area contributed by atoms with Gasteiger partial charge in [0.1, 0.15) is 0 Å². The molecule has 10 nitrogen and oxygen atoms in total. The summed E-state index contributed by atoms with van der Waals surface area (Å²) in [6.07, 6.45) is -0.456. The quantitative estimate of drug-likeness (QED) is 0.439. The number of sulfonamides is 1. The molecule has 0 fully saturated rings. The zero-order valence-corrected chi connectivity index (χ0v) is 16.6. The van der Waals surface area contributed by atoms with Crippen molar-refractivity contribution in [2.24, 2.45) is 0 Å². The van der Waals surface area contributed by atoms with E-state index < -0.39 is 37.3 Å². The Hall–Kier alpha value is -3.31. The van der Waals surface area contributed by atoms with E-state index in [0.717, 1.165) is 23.3 Å². The van der Waals surface area contributed by atoms with Gasteiger partial charge in [-0.3, -0.25) is 25.1 Å². The van der Waals surface area contributed by atoms with E-state index in [2.05, 4.69) is 5.32 Å². The van der Waals surface area contributed by atoms with E-state index in [1.54, 1.807) is 10.9 Å². The number of nitro groups is 1. The maximum atomic E-state index is 12.2. The normalized spacial score (nSPS) is 11.0. The molecule has 0 heterocycles. The van der Waals surface area contributed by atoms with Gasteiger partial charge >= 0.3 is 0 Å². The van der Waals surface area contributed by atoms with Crippen LogP contribution < -0.4 is 15.6 Å². The number of hydrogen-bond donors (Lipinski definition) is 3. The monoisotopic (exact) mass is 420 g/mol. The van der Waals surface area contributed by atoms with E-state index in [1.807, 2.05) is 31.4 Å². The van der Waals surface area contributed by atoms with Gasteiger partial charge in [0.2, 0.25) is 11.8 Å². The number of nitro benzene ring substituents is 1. The fourth-order valence-electron chi connectivity index (χ4n) is 2.47. The van der Waals surface area contributed by atoms with E-state index in [-0.39, 0.29) is 12.8 Å². The van der Waals surface area contributed by atoms with Gasteiger partial charge in [0.25, 0.3) is 15.7 Å². The van der Waals surface area contributed by atoms with Crippen LogP contribution in [0.4, 0.5) is 11.4 Å². The van der Waals surface area contributed by atoms with Crippen LogP contribution in [-0.2, 0) is 19.6 Å². The summed E-state index contributed by atoms with van der Waals surface area (Å²) in [5.74, 6) is -1.17. The number of benzene rings is 2. The van der Waals surface area contributed by atoms with E-state index in [9.17, 15) is 28.1 Å². The van der Waals surface area contributed by atoms with Gasteiger partial charge in [-0.1, -0.05) is 29.8 Å². The summed E-state index contributed by atoms with van der Waals surface area (Å²) in [6.45, 7) is 3.76. The molecule has 0 aliphatic carbocycles. The number of aryl methyl sites for hydroxylation is 2. The summed E-state index contributed by atoms with van der Waals surface area (Å²) < 4.78 is 24.4. The van der Waals surface area contributed by atoms with Crippen LogP contribution in [0.15, 0.2) is 47.4 Å². The zero-order valence-electron chi connectivity index (χ0n) is 15.8. The Morgan fingerprint density at radius 3 is 2.34 bits per heavy atom. The Bertz CT molecular complexity index is 1050. The predicted molar refractivity (Wildman–Crippen MR) is 105 cm³/mol. The van der Waals surface area contributed by atoms with Gasteiger partial charge in [-0.25, -0.2) is 8.42 Å². The van der Waals surface area contributed by atoms with Crippen molar-refractivity contribution in [3.05, 3.63) is 63.7 Å². The van der Waals surface area contributed by atoms with Crippen LogP contribution in [0.2, 0.25) is 0 Å². The third kappa shape index (κ3) is 6.09. The van der Waals surface area contributed by atoms with Gasteiger partial charge in [-0.15, -0.1) is 4.83 Å². The SMILES string of the molecule is Cc1ccc(NC(=O)CCC(=O)NNS(=O)(=O)c2ccccc2[N+](=O)[O-])c(C)c1. The topological polar surface area (TPSA) is 148 Å². The minimum absolute atomic E-state index is 0.174. The van der Waals surface area contributed by atoms with E-state index in [0.29, 0.717) is 5.69 Å². The highest BCUT2D eigenvalue weighted by Crippen LogP contribution is 2.22. The first kappa shape index (κ1) is 22.0. The highest BCUT2D eigenvalue weighted by molar-refractivity contribution is 7.89. The number of nitrogens with zero attached hydrogens (tertiary/aromatic N) is 1. The molecule has 0 saturated heterocycles. The third-order valence-corrected chi connectivity index (χ3v) is 5.21. The molecule has 29 heavy (non-hydrogen) atoms. The van der Waals surface area contributed by atoms with Gasteiger partial charge in [0, 0.05) is 24.6 Å². The molecule has 2 aromatic rings. The Morgan fingerprint density at radius 1 is 1.03 bits per heavy atom. The molecular formula is C18H20N4O6S. The van der Waals surface area contributed by atoms with Crippen molar-refractivity contribution in [1.82, 2.24) is 10.3 Å². The lowest BCUT2D eigenvalue weighted by Crippen LogP contribution is -2.41. The maximum Gasteiger partial charge on any atom is 0.289 e. The number of rotatable bonds is 8. The summed E-state index contributed by atoms with van der Waals surface area (Å²) in [5, 5.41) is 13.6. The first-order valence-electron chi connectivity index (χ1n) is 8.51. The Labute approximate surface area is 167 Å². The van der Waals surface area contributed by atoms with E-state index in [1.165, 1.54) is 12.1 Å². The van der Waals surface area contributed by atoms with Crippen LogP contribution in [0, 0.1) is 24.0 Å². The Morgan fingerprint density at radius 2 is 1.69 bits per heavy atom. The van der Waals surface area contributed by atoms with Crippen LogP contribution in [-0.4, -0.2) is 25.2 Å². The average molecular weight is 420 g/mol. The van der Waals surface area contributed by atoms with Crippen molar-refractivity contribution in [2.45, 2.75) is 31.6 Å². The standard InChI is InChI=1S/C18H20N4O6S/c1-12-7-8-14(13(2)11-12)19-17(23)9-10-18(24)20-21-29(27,28)16-6-4-3-5-15(16)22(25)26/h3-8,11,21H,9-10H2,1-2H3,(H,19,23)(H,20,24). The largest absolute Gasteiger partial charge is 0.326 e. The molecule has 0 aliphatic heterocycles. The number of hydrazine groups is 1. The minimum Gasteiger partial charge on any atom is -0.326 e. The molecule has 0 atom stereocenters. The van der Waals surface area contributed by atoms with Crippen LogP contribution in [0.1, 0.15) is 24.0 Å². The van der Waals surface area contributed by atoms with Crippen LogP contribution in [0.3, 0.4) is 0 Å². The third-order valence-electron chi connectivity index (χ3n) is 3.91. The number of carbonyl (C=O) groups is 2. The van der Waals surface area contributed by atoms with Gasteiger partial charge in [0.15, 0.2) is 4.90 Å². The molecule has 0 bridgehead atoms. The highest BCUT2D eigenvalue weighted by Gasteiger charge is 2.25. The molecule has 0 unspecified atom stereocenters. The summed E-state index contributed by atoms with van der Waals surface area (Å²) in [4.78, 5) is 35.2. The summed E-state index contributed by atoms with van der Waals surface area (Å²) in [7, 11) is -4.35. The molecule has 0 spiro atoms. The second-order valence-electron chi connectivity index (χ2n) is 6.25. The van der Waals surface area contributed by atoms with Crippen LogP contribution in [0.25, 0.3) is 0 Å². The molecule has 2 aromatic carbocycles. The molecule has 0 radical (unpaired) electrons. The first-order chi connectivity index (χ1) is 13.6. The van der Waals surface area contributed by atoms with Crippen molar-refractivity contribution in [3.63, 3.8) is 0 Å². The van der Waals surface area contributed by atoms with Gasteiger partial charge in [-0.05, 0) is 31.5 Å². The Kier molecular flexibility index (Phi) is 7.02. The second-order valence-corrected chi connectivity index (χ2v) is 7.90. The van der Waals surface area contributed by atoms with Crippen LogP contribution >= 0.6 is 0 Å². The van der Waals surface area contributed by atoms with Crippen molar-refractivity contribution in [3.8, 4) is 0 Å². The van der Waals surface area contributed by atoms with Crippen molar-refractivity contribution in [1.29, 1.82) is 0 Å². The molecule has 0 saturated carbocycles. The van der Waals surface area contributed by atoms with Gasteiger partial charge in [0.05, 0.1) is 4.92 Å². The molecule has 2 rings (SSSR count). The number of hydrogen-bond acceptors (Lipinski definition) is 6. The molecule has 3 N–H and O–H groups in total. The van der Waals surface area contributed by atoms with Crippen molar-refractivity contribution >= 4 is 33.2 Å². The number of nitrogens with one attached hydrogen (secondary N) is 3. The molecular weight excluding hydrogens is 400 g/mol. The maximum absolute atomic E-state index is 12.2. The Balaban J connectivity index is 1.89. The second kappa shape index (κ2) is 9.26. The van der Waals surface area contributed by atoms with Crippen molar-refractivity contribution in [2.75, 3.05) is 5.32 Å². The molecule has 0 aliphatic rings. The smallest absolute Gasteiger partial charge is 0.289 e. The fraction of sp³-hybridized carbons (Fsp3) is 0.222. The molecule has 11 heteroatoms. The van der Waals surface area contributed by atoms with Gasteiger partial charge in [-0.2, -0.15) is 0 Å². The van der Waals surface area contributed by atoms with Gasteiger partial charge < -0.3 is 5.32 Å². The number of carbonyl (C=O) groups excluding carboxylic acids is 2. The summed E-state index contributed by atoms with van der Waals surface area (Å²) in [5.41, 5.74) is 3.87. The highest BCUT2D eigenvalue weighted by atomic mass is 32.2. The summed E-state index contributed by atoms with van der Waals surface area (Å²) in [6, 6.07) is 10.2. The number of amides is 2. The first-order valence-corrected chi connectivity index (χ1v) is 9.99. The molecule has 0 aromatic heterocycles. The van der Waals surface area contributed by atoms with E-state index >= 15 is 0 Å². The summed E-state index contributed by atoms with van der Waals surface area (Å²) >= 11 is 0. The fourth-order valence-corrected chi connectivity index (χ4v) is 3.50. The lowest BCUT2D eigenvalue weighted by atomic mass is 10.1. The number of anilines is 1. The molecule has 154 valence electrons. The lowest BCUT2D eigenvalue weighted by molar-refractivity contribution is -0.387. The average Bonchev–Trinajstić information content (AvgIpc) is 2.67. The zero-order chi connectivity index (χ0) is 21.6. The number of para-hydroxylation sites is 1. The van der Waals surface area contributed by atoms with Crippen LogP contribution in [0.5, 0.6) is 0 Å². The minimum atomic E-state index is -4.35. The van der Waals surface area contributed by atoms with E-state index in [4.69, 9.17) is 0 Å². The lowest BCUT2D eigenvalue weighted by Gasteiger charge is -2.10.